The van der Waals surface area contributed by atoms with E-state index in [0.29, 0.717) is 43.9 Å². The van der Waals surface area contributed by atoms with Crippen LogP contribution in [0.2, 0.25) is 0 Å². The Kier molecular flexibility index (Phi) is 5.61. The molecular weight excluding hydrogens is 398 g/mol. The highest BCUT2D eigenvalue weighted by molar-refractivity contribution is 6.08. The molecule has 3 atom stereocenters. The molecule has 4 rings (SSSR count). The largest absolute Gasteiger partial charge is 0.481 e. The van der Waals surface area contributed by atoms with Gasteiger partial charge in [0.15, 0.2) is 5.60 Å². The van der Waals surface area contributed by atoms with Gasteiger partial charge in [-0.15, -0.1) is 0 Å². The molecule has 8 heteroatoms. The number of fused-ring (bicyclic) bond motifs is 2. The fourth-order valence-corrected chi connectivity index (χ4v) is 5.22. The maximum absolute atomic E-state index is 13.2. The number of rotatable bonds is 7. The Morgan fingerprint density at radius 2 is 2.03 bits per heavy atom. The van der Waals surface area contributed by atoms with Crippen molar-refractivity contribution in [1.29, 1.82) is 0 Å². The molecule has 1 aromatic carbocycles. The van der Waals surface area contributed by atoms with Crippen LogP contribution in [0.1, 0.15) is 44.2 Å². The predicted octanol–water partition coefficient (Wildman–Crippen LogP) is 1.65. The number of aliphatic carboxylic acids is 1. The predicted molar refractivity (Wildman–Crippen MR) is 115 cm³/mol. The second kappa shape index (κ2) is 8.09. The molecule has 3 N–H and O–H groups in total. The van der Waals surface area contributed by atoms with Crippen LogP contribution in [0.4, 0.5) is 5.69 Å². The molecular formula is C23H29N3O5. The average molecular weight is 428 g/mol. The third kappa shape index (κ3) is 3.53. The highest BCUT2D eigenvalue weighted by Crippen LogP contribution is 2.51. The van der Waals surface area contributed by atoms with Crippen molar-refractivity contribution < 1.29 is 24.6 Å². The second-order valence-electron chi connectivity index (χ2n) is 8.49. The maximum atomic E-state index is 13.2. The second-order valence-corrected chi connectivity index (χ2v) is 8.49. The van der Waals surface area contributed by atoms with Crippen LogP contribution in [-0.4, -0.2) is 70.0 Å². The molecule has 0 radical (unpaired) electrons. The lowest BCUT2D eigenvalue weighted by atomic mass is 9.71. The fourth-order valence-electron chi connectivity index (χ4n) is 5.22. The van der Waals surface area contributed by atoms with Gasteiger partial charge in [-0.2, -0.15) is 0 Å². The normalized spacial score (nSPS) is 26.5. The minimum Gasteiger partial charge on any atom is -0.481 e. The molecule has 2 unspecified atom stereocenters. The molecule has 0 fully saturated rings. The first kappa shape index (κ1) is 21.5. The number of benzene rings is 1. The van der Waals surface area contributed by atoms with E-state index in [2.05, 4.69) is 10.2 Å². The van der Waals surface area contributed by atoms with Crippen LogP contribution < -0.4 is 5.32 Å². The molecule has 0 bridgehead atoms. The molecule has 8 nitrogen and oxygen atoms in total. The zero-order valence-electron chi connectivity index (χ0n) is 17.9. The third-order valence-corrected chi connectivity index (χ3v) is 6.74. The fraction of sp³-hybridized carbons (Fsp3) is 0.522. The third-order valence-electron chi connectivity index (χ3n) is 6.74. The number of nitrogens with zero attached hydrogens (tertiary/aromatic N) is 2. The van der Waals surface area contributed by atoms with Gasteiger partial charge in [0.2, 0.25) is 5.91 Å². The summed E-state index contributed by atoms with van der Waals surface area (Å²) in [4.78, 5) is 40.8. The standard InChI is InChI=1S/C23H29N3O5/c1-3-25(4-2)21(29)14-11-16-15-7-5-8-17-20(15)23(31,22(30)24-17)12-18(16)26(13-14)10-6-9-19(27)28/h5,7-8,11,14,18,31H,3-4,6,9-10,12-13H2,1-2H3,(H,24,30)(H,27,28)/t14-,18?,23?/m1/s1. The van der Waals surface area contributed by atoms with Crippen molar-refractivity contribution in [1.82, 2.24) is 9.80 Å². The van der Waals surface area contributed by atoms with Gasteiger partial charge in [-0.1, -0.05) is 18.2 Å². The van der Waals surface area contributed by atoms with Gasteiger partial charge in [0.05, 0.1) is 5.92 Å². The number of hydrogen-bond donors (Lipinski definition) is 3. The van der Waals surface area contributed by atoms with Gasteiger partial charge >= 0.3 is 5.97 Å². The van der Waals surface area contributed by atoms with Crippen molar-refractivity contribution in [2.75, 3.05) is 31.5 Å². The van der Waals surface area contributed by atoms with Crippen molar-refractivity contribution in [3.05, 3.63) is 35.4 Å². The number of hydrogen-bond acceptors (Lipinski definition) is 5. The molecule has 0 saturated carbocycles. The summed E-state index contributed by atoms with van der Waals surface area (Å²) in [6.45, 7) is 6.06. The summed E-state index contributed by atoms with van der Waals surface area (Å²) in [6, 6.07) is 5.25. The number of carboxylic acids is 1. The lowest BCUT2D eigenvalue weighted by Gasteiger charge is -2.46. The number of carbonyl (C=O) groups excluding carboxylic acids is 2. The summed E-state index contributed by atoms with van der Waals surface area (Å²) >= 11 is 0. The van der Waals surface area contributed by atoms with Gasteiger partial charge in [0, 0.05) is 49.8 Å². The molecule has 0 spiro atoms. The Morgan fingerprint density at radius 1 is 1.29 bits per heavy atom. The first-order valence-electron chi connectivity index (χ1n) is 10.9. The molecule has 1 aromatic rings. The smallest absolute Gasteiger partial charge is 0.303 e. The number of carboxylic acid groups (broad SMARTS) is 1. The minimum absolute atomic E-state index is 0.0302. The van der Waals surface area contributed by atoms with Crippen LogP contribution in [0.15, 0.2) is 24.3 Å². The number of amides is 2. The SMILES string of the molecule is CCN(CC)C(=O)[C@@H]1C=C2c3cccc4c3C(O)(CC2N(CCCC(=O)O)C1)C(=O)N4. The summed E-state index contributed by atoms with van der Waals surface area (Å²) in [5.74, 6) is -1.61. The Bertz CT molecular complexity index is 955. The van der Waals surface area contributed by atoms with Gasteiger partial charge in [-0.3, -0.25) is 19.3 Å². The lowest BCUT2D eigenvalue weighted by Crippen LogP contribution is -2.53. The van der Waals surface area contributed by atoms with Crippen LogP contribution in [0.5, 0.6) is 0 Å². The molecule has 2 amide bonds. The maximum Gasteiger partial charge on any atom is 0.303 e. The molecule has 3 aliphatic rings. The molecule has 0 saturated heterocycles. The van der Waals surface area contributed by atoms with Crippen molar-refractivity contribution in [2.45, 2.75) is 44.8 Å². The lowest BCUT2D eigenvalue weighted by molar-refractivity contribution is -0.138. The minimum atomic E-state index is -1.62. The van der Waals surface area contributed by atoms with Crippen LogP contribution in [-0.2, 0) is 20.0 Å². The van der Waals surface area contributed by atoms with E-state index in [1.807, 2.05) is 32.1 Å². The van der Waals surface area contributed by atoms with Gasteiger partial charge < -0.3 is 20.4 Å². The zero-order chi connectivity index (χ0) is 22.3. The molecule has 166 valence electrons. The van der Waals surface area contributed by atoms with Crippen molar-refractivity contribution in [2.24, 2.45) is 5.92 Å². The first-order valence-corrected chi connectivity index (χ1v) is 10.9. The number of anilines is 1. The first-order chi connectivity index (χ1) is 14.8. The van der Waals surface area contributed by atoms with Crippen molar-refractivity contribution in [3.8, 4) is 0 Å². The van der Waals surface area contributed by atoms with Crippen molar-refractivity contribution in [3.63, 3.8) is 0 Å². The van der Waals surface area contributed by atoms with Gasteiger partial charge in [-0.25, -0.2) is 0 Å². The number of aliphatic hydroxyl groups is 1. The Morgan fingerprint density at radius 3 is 2.71 bits per heavy atom. The van der Waals surface area contributed by atoms with Crippen molar-refractivity contribution >= 4 is 29.0 Å². The Balaban J connectivity index is 1.76. The van der Waals surface area contributed by atoms with E-state index in [9.17, 15) is 19.5 Å². The van der Waals surface area contributed by atoms with Crippen LogP contribution >= 0.6 is 0 Å². The van der Waals surface area contributed by atoms with E-state index in [4.69, 9.17) is 5.11 Å². The van der Waals surface area contributed by atoms with Gasteiger partial charge in [-0.05, 0) is 44.0 Å². The van der Waals surface area contributed by atoms with Crippen LogP contribution in [0.25, 0.3) is 5.57 Å². The highest BCUT2D eigenvalue weighted by Gasteiger charge is 2.54. The van der Waals surface area contributed by atoms with Gasteiger partial charge in [0.25, 0.3) is 5.91 Å². The summed E-state index contributed by atoms with van der Waals surface area (Å²) in [5.41, 5.74) is 1.30. The highest BCUT2D eigenvalue weighted by atomic mass is 16.4. The monoisotopic (exact) mass is 427 g/mol. The Hall–Kier alpha value is -2.71. The Labute approximate surface area is 181 Å². The van der Waals surface area contributed by atoms with Crippen LogP contribution in [0.3, 0.4) is 0 Å². The molecule has 2 aliphatic heterocycles. The van der Waals surface area contributed by atoms with E-state index in [1.54, 1.807) is 11.0 Å². The van der Waals surface area contributed by atoms with E-state index in [1.165, 1.54) is 0 Å². The van der Waals surface area contributed by atoms with E-state index < -0.39 is 17.5 Å². The van der Waals surface area contributed by atoms with Crippen LogP contribution in [0, 0.1) is 5.92 Å². The average Bonchev–Trinajstić information content (AvgIpc) is 3.00. The zero-order valence-corrected chi connectivity index (χ0v) is 17.9. The summed E-state index contributed by atoms with van der Waals surface area (Å²) in [5, 5.41) is 23.2. The van der Waals surface area contributed by atoms with E-state index in [0.717, 1.165) is 11.1 Å². The summed E-state index contributed by atoms with van der Waals surface area (Å²) in [7, 11) is 0. The summed E-state index contributed by atoms with van der Waals surface area (Å²) < 4.78 is 0. The van der Waals surface area contributed by atoms with E-state index >= 15 is 0 Å². The molecule has 0 aromatic heterocycles. The topological polar surface area (TPSA) is 110 Å². The van der Waals surface area contributed by atoms with E-state index in [-0.39, 0.29) is 30.7 Å². The summed E-state index contributed by atoms with van der Waals surface area (Å²) in [6.07, 6.45) is 2.65. The molecule has 1 aliphatic carbocycles. The number of nitrogens with one attached hydrogen (secondary N) is 1. The number of carbonyl (C=O) groups is 3. The molecule has 2 heterocycles. The molecule has 31 heavy (non-hydrogen) atoms. The van der Waals surface area contributed by atoms with Gasteiger partial charge in [0.1, 0.15) is 0 Å². The quantitative estimate of drug-likeness (QED) is 0.610.